The third-order valence-electron chi connectivity index (χ3n) is 4.84. The average molecular weight is 414 g/mol. The highest BCUT2D eigenvalue weighted by Gasteiger charge is 2.23. The maximum absolute atomic E-state index is 12.4. The fourth-order valence-electron chi connectivity index (χ4n) is 3.04. The maximum Gasteiger partial charge on any atom is 0.262 e. The number of amides is 2. The van der Waals surface area contributed by atoms with Crippen molar-refractivity contribution in [2.45, 2.75) is 18.9 Å². The van der Waals surface area contributed by atoms with Gasteiger partial charge in [-0.15, -0.1) is 0 Å². The highest BCUT2D eigenvalue weighted by molar-refractivity contribution is 6.09. The number of rotatable bonds is 8. The van der Waals surface area contributed by atoms with Crippen molar-refractivity contribution in [3.05, 3.63) is 95.6 Å². The summed E-state index contributed by atoms with van der Waals surface area (Å²) >= 11 is 0. The molecule has 1 aliphatic rings. The van der Waals surface area contributed by atoms with Crippen molar-refractivity contribution < 1.29 is 19.1 Å². The minimum atomic E-state index is -0.343. The maximum atomic E-state index is 12.4. The Kier molecular flexibility index (Phi) is 6.08. The van der Waals surface area contributed by atoms with E-state index in [9.17, 15) is 14.4 Å². The van der Waals surface area contributed by atoms with Gasteiger partial charge >= 0.3 is 0 Å². The molecule has 6 heteroatoms. The monoisotopic (exact) mass is 414 g/mol. The molecule has 31 heavy (non-hydrogen) atoms. The Morgan fingerprint density at radius 3 is 2.19 bits per heavy atom. The van der Waals surface area contributed by atoms with Crippen molar-refractivity contribution in [2.75, 3.05) is 11.9 Å². The van der Waals surface area contributed by atoms with Gasteiger partial charge in [-0.3, -0.25) is 14.4 Å². The molecule has 3 aromatic rings. The SMILES string of the molecule is O=C(COc1ccc(C(=O)c2ccccc2)cc1)Nc1cccc(C(=O)NC2CC2)c1. The summed E-state index contributed by atoms with van der Waals surface area (Å²) in [7, 11) is 0. The highest BCUT2D eigenvalue weighted by Crippen LogP contribution is 2.20. The van der Waals surface area contributed by atoms with Crippen molar-refractivity contribution in [3.8, 4) is 5.75 Å². The first-order valence-electron chi connectivity index (χ1n) is 10.1. The third kappa shape index (κ3) is 5.57. The van der Waals surface area contributed by atoms with Crippen LogP contribution in [0.5, 0.6) is 5.75 Å². The topological polar surface area (TPSA) is 84.5 Å². The molecule has 0 radical (unpaired) electrons. The van der Waals surface area contributed by atoms with Crippen molar-refractivity contribution >= 4 is 23.3 Å². The molecular formula is C25H22N2O4. The molecule has 1 saturated carbocycles. The molecule has 0 unspecified atom stereocenters. The van der Waals surface area contributed by atoms with Crippen LogP contribution in [0.4, 0.5) is 5.69 Å². The largest absolute Gasteiger partial charge is 0.484 e. The Hall–Kier alpha value is -3.93. The summed E-state index contributed by atoms with van der Waals surface area (Å²) in [5, 5.41) is 5.65. The smallest absolute Gasteiger partial charge is 0.262 e. The molecule has 0 atom stereocenters. The number of anilines is 1. The zero-order chi connectivity index (χ0) is 21.6. The van der Waals surface area contributed by atoms with Gasteiger partial charge in [0.1, 0.15) is 5.75 Å². The standard InChI is InChI=1S/C25H22N2O4/c28-23(26-21-8-4-7-19(15-21)25(30)27-20-11-12-20)16-31-22-13-9-18(10-14-22)24(29)17-5-2-1-3-6-17/h1-10,13-15,20H,11-12,16H2,(H,26,28)(H,27,30). The Morgan fingerprint density at radius 2 is 1.48 bits per heavy atom. The molecule has 1 fully saturated rings. The number of benzene rings is 3. The van der Waals surface area contributed by atoms with Crippen LogP contribution >= 0.6 is 0 Å². The zero-order valence-corrected chi connectivity index (χ0v) is 16.8. The van der Waals surface area contributed by atoms with Crippen LogP contribution in [0.2, 0.25) is 0 Å². The summed E-state index contributed by atoms with van der Waals surface area (Å²) in [6.45, 7) is -0.190. The molecule has 2 amide bonds. The minimum Gasteiger partial charge on any atom is -0.484 e. The normalized spacial score (nSPS) is 12.6. The summed E-state index contributed by atoms with van der Waals surface area (Å²) in [5.41, 5.74) is 2.19. The predicted octanol–water partition coefficient (Wildman–Crippen LogP) is 3.83. The van der Waals surface area contributed by atoms with Gasteiger partial charge in [0.2, 0.25) is 0 Å². The van der Waals surface area contributed by atoms with E-state index < -0.39 is 0 Å². The molecule has 156 valence electrons. The van der Waals surface area contributed by atoms with E-state index in [2.05, 4.69) is 10.6 Å². The number of carbonyl (C=O) groups excluding carboxylic acids is 3. The molecule has 1 aliphatic carbocycles. The van der Waals surface area contributed by atoms with Crippen LogP contribution in [-0.4, -0.2) is 30.2 Å². The second-order valence-electron chi connectivity index (χ2n) is 7.38. The van der Waals surface area contributed by atoms with Gasteiger partial charge in [0.05, 0.1) is 0 Å². The van der Waals surface area contributed by atoms with Gasteiger partial charge in [0.25, 0.3) is 11.8 Å². The molecule has 0 aliphatic heterocycles. The average Bonchev–Trinajstić information content (AvgIpc) is 3.62. The van der Waals surface area contributed by atoms with E-state index in [1.54, 1.807) is 60.7 Å². The first kappa shape index (κ1) is 20.3. The second-order valence-corrected chi connectivity index (χ2v) is 7.38. The number of ketones is 1. The first-order valence-corrected chi connectivity index (χ1v) is 10.1. The van der Waals surface area contributed by atoms with Gasteiger partial charge < -0.3 is 15.4 Å². The van der Waals surface area contributed by atoms with E-state index in [0.29, 0.717) is 28.1 Å². The lowest BCUT2D eigenvalue weighted by molar-refractivity contribution is -0.118. The molecule has 0 heterocycles. The van der Waals surface area contributed by atoms with Crippen LogP contribution in [0.25, 0.3) is 0 Å². The van der Waals surface area contributed by atoms with Gasteiger partial charge in [0.15, 0.2) is 12.4 Å². The lowest BCUT2D eigenvalue weighted by Gasteiger charge is -2.09. The van der Waals surface area contributed by atoms with Crippen LogP contribution < -0.4 is 15.4 Å². The third-order valence-corrected chi connectivity index (χ3v) is 4.84. The first-order chi connectivity index (χ1) is 15.1. The predicted molar refractivity (Wildman–Crippen MR) is 117 cm³/mol. The van der Waals surface area contributed by atoms with E-state index in [1.807, 2.05) is 18.2 Å². The van der Waals surface area contributed by atoms with Gasteiger partial charge in [-0.1, -0.05) is 36.4 Å². The van der Waals surface area contributed by atoms with E-state index >= 15 is 0 Å². The number of ether oxygens (including phenoxy) is 1. The summed E-state index contributed by atoms with van der Waals surface area (Å²) < 4.78 is 5.52. The molecule has 0 aromatic heterocycles. The second kappa shape index (κ2) is 9.26. The van der Waals surface area contributed by atoms with Crippen LogP contribution in [-0.2, 0) is 4.79 Å². The van der Waals surface area contributed by atoms with Crippen molar-refractivity contribution in [2.24, 2.45) is 0 Å². The minimum absolute atomic E-state index is 0.0736. The molecule has 0 spiro atoms. The molecular weight excluding hydrogens is 392 g/mol. The van der Waals surface area contributed by atoms with Gasteiger partial charge in [-0.05, 0) is 55.3 Å². The fourth-order valence-corrected chi connectivity index (χ4v) is 3.04. The molecule has 6 nitrogen and oxygen atoms in total. The summed E-state index contributed by atoms with van der Waals surface area (Å²) in [4.78, 5) is 36.8. The van der Waals surface area contributed by atoms with Gasteiger partial charge in [0, 0.05) is 28.4 Å². The number of nitrogens with one attached hydrogen (secondary N) is 2. The lowest BCUT2D eigenvalue weighted by Crippen LogP contribution is -2.25. The molecule has 0 saturated heterocycles. The van der Waals surface area contributed by atoms with Crippen molar-refractivity contribution in [1.29, 1.82) is 0 Å². The van der Waals surface area contributed by atoms with E-state index in [0.717, 1.165) is 12.8 Å². The van der Waals surface area contributed by atoms with Crippen LogP contribution in [0.15, 0.2) is 78.9 Å². The van der Waals surface area contributed by atoms with E-state index in [-0.39, 0.29) is 30.2 Å². The highest BCUT2D eigenvalue weighted by atomic mass is 16.5. The van der Waals surface area contributed by atoms with Crippen LogP contribution in [0.1, 0.15) is 39.1 Å². The Labute approximate surface area is 180 Å². The van der Waals surface area contributed by atoms with Crippen molar-refractivity contribution in [1.82, 2.24) is 5.32 Å². The van der Waals surface area contributed by atoms with Gasteiger partial charge in [-0.2, -0.15) is 0 Å². The summed E-state index contributed by atoms with van der Waals surface area (Å²) in [6, 6.07) is 22.7. The van der Waals surface area contributed by atoms with Crippen molar-refractivity contribution in [3.63, 3.8) is 0 Å². The summed E-state index contributed by atoms with van der Waals surface area (Å²) in [6.07, 6.45) is 2.03. The number of carbonyl (C=O) groups is 3. The molecule has 3 aromatic carbocycles. The summed E-state index contributed by atoms with van der Waals surface area (Å²) in [5.74, 6) is -0.0722. The van der Waals surface area contributed by atoms with E-state index in [1.165, 1.54) is 0 Å². The van der Waals surface area contributed by atoms with Crippen LogP contribution in [0.3, 0.4) is 0 Å². The Morgan fingerprint density at radius 1 is 0.806 bits per heavy atom. The number of hydrogen-bond donors (Lipinski definition) is 2. The Bertz CT molecular complexity index is 1090. The number of hydrogen-bond acceptors (Lipinski definition) is 4. The zero-order valence-electron chi connectivity index (χ0n) is 16.8. The Balaban J connectivity index is 1.30. The lowest BCUT2D eigenvalue weighted by atomic mass is 10.0. The van der Waals surface area contributed by atoms with Crippen LogP contribution in [0, 0.1) is 0 Å². The molecule has 4 rings (SSSR count). The fraction of sp³-hybridized carbons (Fsp3) is 0.160. The quantitative estimate of drug-likeness (QED) is 0.549. The van der Waals surface area contributed by atoms with Gasteiger partial charge in [-0.25, -0.2) is 0 Å². The van der Waals surface area contributed by atoms with E-state index in [4.69, 9.17) is 4.74 Å². The molecule has 2 N–H and O–H groups in total. The molecule has 0 bridgehead atoms.